The molecule has 0 amide bonds. The Labute approximate surface area is 170 Å². The second-order valence-corrected chi connectivity index (χ2v) is 8.22. The standard InChI is InChI=1S/C22H14Cl2N2S/c23-17-7-5-8-18(24)16(17)13-26-12-15(14-6-1-3-10-20(14)26)22-25-19-9-2-4-11-21(19)27-22/h1-12H,13H2. The third-order valence-corrected chi connectivity index (χ3v) is 6.48. The van der Waals surface area contributed by atoms with Crippen molar-refractivity contribution in [3.8, 4) is 10.6 Å². The highest BCUT2D eigenvalue weighted by molar-refractivity contribution is 7.21. The summed E-state index contributed by atoms with van der Waals surface area (Å²) in [4.78, 5) is 4.84. The Morgan fingerprint density at radius 2 is 1.59 bits per heavy atom. The molecule has 2 heterocycles. The molecule has 2 nitrogen and oxygen atoms in total. The van der Waals surface area contributed by atoms with E-state index in [1.54, 1.807) is 11.3 Å². The zero-order chi connectivity index (χ0) is 18.4. The minimum absolute atomic E-state index is 0.615. The maximum Gasteiger partial charge on any atom is 0.126 e. The van der Waals surface area contributed by atoms with E-state index in [2.05, 4.69) is 47.2 Å². The van der Waals surface area contributed by atoms with Gasteiger partial charge in [0.25, 0.3) is 0 Å². The molecule has 0 saturated heterocycles. The van der Waals surface area contributed by atoms with Gasteiger partial charge in [0, 0.05) is 38.3 Å². The second-order valence-electron chi connectivity index (χ2n) is 6.37. The summed E-state index contributed by atoms with van der Waals surface area (Å²) in [5.41, 5.74) is 4.23. The van der Waals surface area contributed by atoms with Crippen molar-refractivity contribution in [1.29, 1.82) is 0 Å². The Bertz CT molecular complexity index is 1230. The van der Waals surface area contributed by atoms with Crippen LogP contribution in [0.2, 0.25) is 10.0 Å². The number of fused-ring (bicyclic) bond motifs is 2. The first-order valence-corrected chi connectivity index (χ1v) is 10.1. The van der Waals surface area contributed by atoms with Gasteiger partial charge in [0.2, 0.25) is 0 Å². The zero-order valence-electron chi connectivity index (χ0n) is 14.2. The quantitative estimate of drug-likeness (QED) is 0.306. The van der Waals surface area contributed by atoms with E-state index in [9.17, 15) is 0 Å². The highest BCUT2D eigenvalue weighted by atomic mass is 35.5. The maximum absolute atomic E-state index is 6.40. The van der Waals surface area contributed by atoms with Gasteiger partial charge in [-0.1, -0.05) is 59.6 Å². The third kappa shape index (κ3) is 2.92. The van der Waals surface area contributed by atoms with Crippen LogP contribution < -0.4 is 0 Å². The minimum atomic E-state index is 0.615. The van der Waals surface area contributed by atoms with Crippen LogP contribution in [0, 0.1) is 0 Å². The van der Waals surface area contributed by atoms with Crippen LogP contribution in [0.15, 0.2) is 72.9 Å². The van der Waals surface area contributed by atoms with Crippen molar-refractivity contribution < 1.29 is 0 Å². The van der Waals surface area contributed by atoms with Crippen molar-refractivity contribution >= 4 is 55.7 Å². The fourth-order valence-corrected chi connectivity index (χ4v) is 4.90. The predicted octanol–water partition coefficient (Wildman–Crippen LogP) is 7.27. The lowest BCUT2D eigenvalue weighted by Crippen LogP contribution is -1.99. The number of halogens is 2. The van der Waals surface area contributed by atoms with E-state index in [1.165, 1.54) is 10.1 Å². The molecule has 2 aromatic heterocycles. The van der Waals surface area contributed by atoms with Gasteiger partial charge in [0.1, 0.15) is 5.01 Å². The average molecular weight is 409 g/mol. The van der Waals surface area contributed by atoms with Crippen molar-refractivity contribution in [3.63, 3.8) is 0 Å². The smallest absolute Gasteiger partial charge is 0.126 e. The SMILES string of the molecule is Clc1cccc(Cl)c1Cn1cc(-c2nc3ccccc3s2)c2ccccc21. The van der Waals surface area contributed by atoms with Crippen molar-refractivity contribution in [1.82, 2.24) is 9.55 Å². The number of nitrogens with zero attached hydrogens (tertiary/aromatic N) is 2. The molecule has 0 saturated carbocycles. The fraction of sp³-hybridized carbons (Fsp3) is 0.0455. The van der Waals surface area contributed by atoms with Gasteiger partial charge in [-0.2, -0.15) is 0 Å². The molecular weight excluding hydrogens is 395 g/mol. The Hall–Kier alpha value is -2.33. The molecule has 5 aromatic rings. The van der Waals surface area contributed by atoms with Gasteiger partial charge >= 0.3 is 0 Å². The van der Waals surface area contributed by atoms with E-state index < -0.39 is 0 Å². The molecule has 132 valence electrons. The predicted molar refractivity (Wildman–Crippen MR) is 116 cm³/mol. The molecule has 0 atom stereocenters. The Morgan fingerprint density at radius 3 is 2.41 bits per heavy atom. The molecule has 27 heavy (non-hydrogen) atoms. The van der Waals surface area contributed by atoms with Crippen LogP contribution >= 0.6 is 34.5 Å². The number of thiazole rings is 1. The van der Waals surface area contributed by atoms with Crippen LogP contribution in [-0.4, -0.2) is 9.55 Å². The molecule has 0 aliphatic rings. The molecule has 0 unspecified atom stereocenters. The zero-order valence-corrected chi connectivity index (χ0v) is 16.5. The average Bonchev–Trinajstić information content (AvgIpc) is 3.26. The lowest BCUT2D eigenvalue weighted by atomic mass is 10.2. The first-order chi connectivity index (χ1) is 13.2. The Morgan fingerprint density at radius 1 is 0.852 bits per heavy atom. The molecule has 0 fully saturated rings. The van der Waals surface area contributed by atoms with Crippen molar-refractivity contribution in [3.05, 3.63) is 88.5 Å². The third-order valence-electron chi connectivity index (χ3n) is 4.70. The molecule has 0 spiro atoms. The van der Waals surface area contributed by atoms with E-state index in [4.69, 9.17) is 28.2 Å². The summed E-state index contributed by atoms with van der Waals surface area (Å²) >= 11 is 14.5. The van der Waals surface area contributed by atoms with Gasteiger partial charge < -0.3 is 4.57 Å². The summed E-state index contributed by atoms with van der Waals surface area (Å²) in [6.45, 7) is 0.615. The summed E-state index contributed by atoms with van der Waals surface area (Å²) < 4.78 is 3.39. The molecule has 0 N–H and O–H groups in total. The lowest BCUT2D eigenvalue weighted by molar-refractivity contribution is 0.838. The number of hydrogen-bond donors (Lipinski definition) is 0. The summed E-state index contributed by atoms with van der Waals surface area (Å²) in [7, 11) is 0. The van der Waals surface area contributed by atoms with E-state index in [1.807, 2.05) is 30.3 Å². The highest BCUT2D eigenvalue weighted by Gasteiger charge is 2.15. The van der Waals surface area contributed by atoms with Gasteiger partial charge in [0.15, 0.2) is 0 Å². The van der Waals surface area contributed by atoms with Gasteiger partial charge in [-0.3, -0.25) is 0 Å². The van der Waals surface area contributed by atoms with Crippen LogP contribution in [0.5, 0.6) is 0 Å². The Balaban J connectivity index is 1.69. The second kappa shape index (κ2) is 6.68. The largest absolute Gasteiger partial charge is 0.342 e. The van der Waals surface area contributed by atoms with Crippen LogP contribution in [-0.2, 0) is 6.54 Å². The van der Waals surface area contributed by atoms with Crippen molar-refractivity contribution in [2.24, 2.45) is 0 Å². The Kier molecular flexibility index (Phi) is 4.16. The summed E-state index contributed by atoms with van der Waals surface area (Å²) in [5, 5.41) is 3.57. The number of hydrogen-bond acceptors (Lipinski definition) is 2. The van der Waals surface area contributed by atoms with E-state index in [0.717, 1.165) is 27.2 Å². The minimum Gasteiger partial charge on any atom is -0.342 e. The van der Waals surface area contributed by atoms with Crippen LogP contribution in [0.4, 0.5) is 0 Å². The van der Waals surface area contributed by atoms with Gasteiger partial charge in [-0.25, -0.2) is 4.98 Å². The molecule has 3 aromatic carbocycles. The first-order valence-electron chi connectivity index (χ1n) is 8.57. The molecule has 0 bridgehead atoms. The van der Waals surface area contributed by atoms with Gasteiger partial charge in [-0.15, -0.1) is 11.3 Å². The summed E-state index contributed by atoms with van der Waals surface area (Å²) in [6.07, 6.45) is 2.15. The van der Waals surface area contributed by atoms with Crippen LogP contribution in [0.1, 0.15) is 5.56 Å². The highest BCUT2D eigenvalue weighted by Crippen LogP contribution is 2.36. The van der Waals surface area contributed by atoms with Crippen LogP contribution in [0.25, 0.3) is 31.7 Å². The number of aromatic nitrogens is 2. The van der Waals surface area contributed by atoms with Crippen molar-refractivity contribution in [2.75, 3.05) is 0 Å². The summed E-state index contributed by atoms with van der Waals surface area (Å²) in [5.74, 6) is 0. The first kappa shape index (κ1) is 16.8. The number of para-hydroxylation sites is 2. The fourth-order valence-electron chi connectivity index (χ4n) is 3.39. The number of rotatable bonds is 3. The lowest BCUT2D eigenvalue weighted by Gasteiger charge is -2.09. The molecule has 5 heteroatoms. The van der Waals surface area contributed by atoms with E-state index in [0.29, 0.717) is 16.6 Å². The molecule has 0 radical (unpaired) electrons. The topological polar surface area (TPSA) is 17.8 Å². The molecule has 5 rings (SSSR count). The molecular formula is C22H14Cl2N2S. The van der Waals surface area contributed by atoms with E-state index in [-0.39, 0.29) is 0 Å². The number of benzene rings is 3. The maximum atomic E-state index is 6.40. The molecule has 0 aliphatic heterocycles. The normalized spacial score (nSPS) is 11.5. The van der Waals surface area contributed by atoms with Crippen LogP contribution in [0.3, 0.4) is 0 Å². The molecule has 0 aliphatic carbocycles. The monoisotopic (exact) mass is 408 g/mol. The summed E-state index contributed by atoms with van der Waals surface area (Å²) in [6, 6.07) is 22.2. The van der Waals surface area contributed by atoms with Gasteiger partial charge in [-0.05, 0) is 30.3 Å². The van der Waals surface area contributed by atoms with Gasteiger partial charge in [0.05, 0.1) is 16.8 Å². The van der Waals surface area contributed by atoms with Crippen molar-refractivity contribution in [2.45, 2.75) is 6.54 Å². The van der Waals surface area contributed by atoms with E-state index >= 15 is 0 Å².